The summed E-state index contributed by atoms with van der Waals surface area (Å²) < 4.78 is 31.0. The van der Waals surface area contributed by atoms with Crippen molar-refractivity contribution in [3.63, 3.8) is 0 Å². The van der Waals surface area contributed by atoms with Crippen LogP contribution in [0.15, 0.2) is 54.4 Å². The number of anilines is 1. The zero-order valence-corrected chi connectivity index (χ0v) is 22.4. The van der Waals surface area contributed by atoms with Crippen molar-refractivity contribution in [2.75, 3.05) is 18.6 Å². The summed E-state index contributed by atoms with van der Waals surface area (Å²) in [7, 11) is 1.23. The van der Waals surface area contributed by atoms with E-state index in [0.717, 1.165) is 11.0 Å². The summed E-state index contributed by atoms with van der Waals surface area (Å²) in [6, 6.07) is 3.78. The van der Waals surface area contributed by atoms with Crippen LogP contribution in [0.4, 0.5) is 10.1 Å². The summed E-state index contributed by atoms with van der Waals surface area (Å²) in [5, 5.41) is -0.0364. The highest BCUT2D eigenvalue weighted by Gasteiger charge is 2.31. The summed E-state index contributed by atoms with van der Waals surface area (Å²) in [5.41, 5.74) is 0.834. The number of ether oxygens (including phenoxy) is 3. The van der Waals surface area contributed by atoms with Gasteiger partial charge in [0.1, 0.15) is 18.2 Å². The van der Waals surface area contributed by atoms with Gasteiger partial charge in [0.15, 0.2) is 6.10 Å². The fraction of sp³-hybridized carbons (Fsp3) is 0.310. The topological polar surface area (TPSA) is 95.0 Å². The number of esters is 2. The summed E-state index contributed by atoms with van der Waals surface area (Å²) in [5.74, 6) is -0.197. The first-order valence-electron chi connectivity index (χ1n) is 12.2. The Hall–Kier alpha value is -4.16. The van der Waals surface area contributed by atoms with Gasteiger partial charge in [-0.05, 0) is 50.3 Å². The first-order chi connectivity index (χ1) is 18.7. The van der Waals surface area contributed by atoms with E-state index in [-0.39, 0.29) is 46.3 Å². The third-order valence-corrected chi connectivity index (χ3v) is 6.23. The predicted octanol–water partition coefficient (Wildman–Crippen LogP) is 5.19. The van der Waals surface area contributed by atoms with Crippen molar-refractivity contribution in [3.8, 4) is 18.1 Å². The third kappa shape index (κ3) is 7.24. The summed E-state index contributed by atoms with van der Waals surface area (Å²) >= 11 is 6.20. The molecule has 10 heteroatoms. The molecule has 0 saturated heterocycles. The Kier molecular flexibility index (Phi) is 10.2. The lowest BCUT2D eigenvalue weighted by atomic mass is 9.90. The van der Waals surface area contributed by atoms with Crippen molar-refractivity contribution < 1.29 is 33.0 Å². The molecule has 1 aromatic carbocycles. The average Bonchev–Trinajstić information content (AvgIpc) is 2.95. The molecule has 8 nitrogen and oxygen atoms in total. The summed E-state index contributed by atoms with van der Waals surface area (Å²) in [4.78, 5) is 44.1. The van der Waals surface area contributed by atoms with E-state index in [4.69, 9.17) is 32.2 Å². The van der Waals surface area contributed by atoms with Gasteiger partial charge in [-0.1, -0.05) is 30.2 Å². The van der Waals surface area contributed by atoms with Crippen LogP contribution in [-0.4, -0.2) is 42.7 Å². The Labute approximate surface area is 231 Å². The molecule has 0 fully saturated rings. The Morgan fingerprint density at radius 3 is 2.59 bits per heavy atom. The number of aromatic nitrogens is 1. The van der Waals surface area contributed by atoms with E-state index in [1.165, 1.54) is 37.7 Å². The fourth-order valence-electron chi connectivity index (χ4n) is 4.04. The summed E-state index contributed by atoms with van der Waals surface area (Å²) in [6.45, 7) is 4.94. The van der Waals surface area contributed by atoms with E-state index in [1.54, 1.807) is 6.92 Å². The second kappa shape index (κ2) is 13.6. The van der Waals surface area contributed by atoms with E-state index in [9.17, 15) is 14.4 Å². The van der Waals surface area contributed by atoms with E-state index in [1.807, 2.05) is 0 Å². The van der Waals surface area contributed by atoms with E-state index in [2.05, 4.69) is 17.5 Å². The molecule has 1 atom stereocenters. The number of methoxy groups -OCH3 is 1. The average molecular weight is 555 g/mol. The number of hydrogen-bond donors (Lipinski definition) is 0. The molecule has 0 aliphatic heterocycles. The van der Waals surface area contributed by atoms with Crippen LogP contribution in [0.2, 0.25) is 5.02 Å². The van der Waals surface area contributed by atoms with Crippen LogP contribution < -0.4 is 9.64 Å². The standard InChI is InChI=1S/C29H28ClFN2O6/c1-5-11-38-29(36)22-10-8-7-9-21(22)27(34)33(17-19-12-20(16-32-15-19)28(35)37-4)25-14-26(39-18(3)6-2)23(30)13-24(25)31/h2,5,12-16,18H,1,7-11,17H2,3-4H3. The largest absolute Gasteiger partial charge is 0.476 e. The molecule has 2 aromatic rings. The zero-order chi connectivity index (χ0) is 28.5. The Morgan fingerprint density at radius 1 is 1.21 bits per heavy atom. The maximum absolute atomic E-state index is 15.4. The molecule has 39 heavy (non-hydrogen) atoms. The van der Waals surface area contributed by atoms with Gasteiger partial charge in [-0.15, -0.1) is 6.42 Å². The van der Waals surface area contributed by atoms with Crippen LogP contribution in [0.3, 0.4) is 0 Å². The lowest BCUT2D eigenvalue weighted by molar-refractivity contribution is -0.138. The second-order valence-electron chi connectivity index (χ2n) is 8.68. The number of halogens is 2. The minimum atomic E-state index is -0.807. The lowest BCUT2D eigenvalue weighted by Crippen LogP contribution is -2.34. The molecule has 1 aliphatic carbocycles. The number of hydrogen-bond acceptors (Lipinski definition) is 7. The third-order valence-electron chi connectivity index (χ3n) is 5.94. The van der Waals surface area contributed by atoms with Crippen molar-refractivity contribution in [1.29, 1.82) is 0 Å². The molecular weight excluding hydrogens is 527 g/mol. The number of carbonyl (C=O) groups excluding carboxylic acids is 3. The highest BCUT2D eigenvalue weighted by molar-refractivity contribution is 6.32. The molecule has 1 aliphatic rings. The molecule has 0 spiro atoms. The minimum Gasteiger partial charge on any atom is -0.476 e. The van der Waals surface area contributed by atoms with Gasteiger partial charge in [-0.25, -0.2) is 14.0 Å². The highest BCUT2D eigenvalue weighted by Crippen LogP contribution is 2.36. The molecule has 1 aromatic heterocycles. The van der Waals surface area contributed by atoms with Crippen molar-refractivity contribution in [1.82, 2.24) is 4.98 Å². The molecule has 204 valence electrons. The van der Waals surface area contributed by atoms with Crippen LogP contribution in [0.5, 0.6) is 5.75 Å². The van der Waals surface area contributed by atoms with Crippen molar-refractivity contribution >= 4 is 35.1 Å². The van der Waals surface area contributed by atoms with Crippen LogP contribution in [0, 0.1) is 18.2 Å². The summed E-state index contributed by atoms with van der Waals surface area (Å²) in [6.07, 6.45) is 10.9. The Bertz CT molecular complexity index is 1350. The van der Waals surface area contributed by atoms with E-state index < -0.39 is 29.8 Å². The quantitative estimate of drug-likeness (QED) is 0.226. The fourth-order valence-corrected chi connectivity index (χ4v) is 4.24. The number of carbonyl (C=O) groups is 3. The highest BCUT2D eigenvalue weighted by atomic mass is 35.5. The Morgan fingerprint density at radius 2 is 1.92 bits per heavy atom. The number of pyridine rings is 1. The molecule has 0 bridgehead atoms. The maximum Gasteiger partial charge on any atom is 0.339 e. The molecule has 0 N–H and O–H groups in total. The maximum atomic E-state index is 15.4. The zero-order valence-electron chi connectivity index (χ0n) is 21.7. The number of rotatable bonds is 10. The Balaban J connectivity index is 2.15. The molecule has 1 heterocycles. The second-order valence-corrected chi connectivity index (χ2v) is 9.08. The van der Waals surface area contributed by atoms with Gasteiger partial charge in [0.2, 0.25) is 0 Å². The molecule has 1 unspecified atom stereocenters. The minimum absolute atomic E-state index is 0.0145. The van der Waals surface area contributed by atoms with Crippen LogP contribution in [0.1, 0.15) is 48.5 Å². The molecule has 0 saturated carbocycles. The van der Waals surface area contributed by atoms with Gasteiger partial charge in [-0.3, -0.25) is 9.78 Å². The molecular formula is C29H28ClFN2O6. The SMILES string of the molecule is C#CC(C)Oc1cc(N(Cc2cncc(C(=O)OC)c2)C(=O)C2=C(C(=O)OCC=C)CCCC2)c(F)cc1Cl. The van der Waals surface area contributed by atoms with Gasteiger partial charge in [-0.2, -0.15) is 0 Å². The van der Waals surface area contributed by atoms with Gasteiger partial charge in [0.05, 0.1) is 29.9 Å². The number of terminal acetylenes is 1. The van der Waals surface area contributed by atoms with E-state index >= 15 is 4.39 Å². The molecule has 1 amide bonds. The predicted molar refractivity (Wildman–Crippen MR) is 144 cm³/mol. The van der Waals surface area contributed by atoms with Crippen LogP contribution >= 0.6 is 11.6 Å². The molecule has 3 rings (SSSR count). The van der Waals surface area contributed by atoms with Gasteiger partial charge < -0.3 is 19.1 Å². The van der Waals surface area contributed by atoms with Crippen LogP contribution in [-0.2, 0) is 25.6 Å². The van der Waals surface area contributed by atoms with Gasteiger partial charge >= 0.3 is 11.9 Å². The number of nitrogens with zero attached hydrogens (tertiary/aromatic N) is 2. The van der Waals surface area contributed by atoms with Crippen molar-refractivity contribution in [3.05, 3.63) is 76.4 Å². The first-order valence-corrected chi connectivity index (χ1v) is 12.5. The monoisotopic (exact) mass is 554 g/mol. The van der Waals surface area contributed by atoms with Crippen LogP contribution in [0.25, 0.3) is 0 Å². The van der Waals surface area contributed by atoms with Crippen molar-refractivity contribution in [2.24, 2.45) is 0 Å². The van der Waals surface area contributed by atoms with Gasteiger partial charge in [0, 0.05) is 29.6 Å². The smallest absolute Gasteiger partial charge is 0.339 e. The van der Waals surface area contributed by atoms with Crippen molar-refractivity contribution in [2.45, 2.75) is 45.3 Å². The first kappa shape index (κ1) is 29.4. The number of amides is 1. The molecule has 0 radical (unpaired) electrons. The van der Waals surface area contributed by atoms with E-state index in [0.29, 0.717) is 31.2 Å². The normalized spacial score (nSPS) is 13.6. The lowest BCUT2D eigenvalue weighted by Gasteiger charge is -2.28. The van der Waals surface area contributed by atoms with Gasteiger partial charge in [0.25, 0.3) is 5.91 Å². The number of benzene rings is 1.